The van der Waals surface area contributed by atoms with Crippen molar-refractivity contribution in [1.82, 2.24) is 14.2 Å². The summed E-state index contributed by atoms with van der Waals surface area (Å²) in [5.41, 5.74) is 1.18. The smallest absolute Gasteiger partial charge is 0.309 e. The molecule has 2 aromatic rings. The Kier molecular flexibility index (Phi) is 8.20. The Bertz CT molecular complexity index is 1130. The molecule has 4 rings (SSSR count). The zero-order valence-electron chi connectivity index (χ0n) is 19.9. The predicted molar refractivity (Wildman–Crippen MR) is 134 cm³/mol. The first kappa shape index (κ1) is 25.7. The number of likely N-dealkylation sites (N-methyl/N-ethyl adjacent to an activating group) is 1. The quantitative estimate of drug-likeness (QED) is 0.522. The number of carboxylic acid groups (broad SMARTS) is 1. The number of carbonyl (C=O) groups excluding carboxylic acids is 1. The maximum absolute atomic E-state index is 13.3. The first-order valence-corrected chi connectivity index (χ1v) is 14.3. The number of nitrogens with zero attached hydrogens (tertiary/aromatic N) is 3. The van der Waals surface area contributed by atoms with Gasteiger partial charge in [0.15, 0.2) is 5.13 Å². The summed E-state index contributed by atoms with van der Waals surface area (Å²) in [5.74, 6) is -1.18. The number of anilines is 1. The van der Waals surface area contributed by atoms with Gasteiger partial charge in [-0.05, 0) is 37.1 Å². The van der Waals surface area contributed by atoms with Crippen LogP contribution in [0.15, 0.2) is 34.5 Å². The lowest BCUT2D eigenvalue weighted by Gasteiger charge is -2.31. The summed E-state index contributed by atoms with van der Waals surface area (Å²) in [4.78, 5) is 30.8. The molecule has 0 radical (unpaired) electrons. The summed E-state index contributed by atoms with van der Waals surface area (Å²) >= 11 is 1.20. The van der Waals surface area contributed by atoms with Gasteiger partial charge in [0.05, 0.1) is 22.9 Å². The van der Waals surface area contributed by atoms with Crippen molar-refractivity contribution in [2.24, 2.45) is 5.92 Å². The number of aromatic nitrogens is 1. The lowest BCUT2D eigenvalue weighted by molar-refractivity contribution is -0.136. The minimum absolute atomic E-state index is 0.193. The second kappa shape index (κ2) is 11.2. The second-order valence-corrected chi connectivity index (χ2v) is 12.2. The number of aliphatic carboxylic acids is 1. The number of hydrogen-bond acceptors (Lipinski definition) is 7. The molecule has 11 heteroatoms. The average molecular weight is 521 g/mol. The van der Waals surface area contributed by atoms with Gasteiger partial charge in [-0.3, -0.25) is 9.59 Å². The molecule has 9 nitrogen and oxygen atoms in total. The van der Waals surface area contributed by atoms with E-state index in [9.17, 15) is 18.0 Å². The van der Waals surface area contributed by atoms with E-state index in [4.69, 9.17) is 5.11 Å². The SMILES string of the molecule is CN1CCN(S(=O)(=O)c2ccc(C(CC3CCCC3)C(=O)Nc3nc(CC(=O)O)cs3)cc2)CC1. The summed E-state index contributed by atoms with van der Waals surface area (Å²) in [7, 11) is -1.60. The van der Waals surface area contributed by atoms with Gasteiger partial charge in [0.1, 0.15) is 0 Å². The van der Waals surface area contributed by atoms with Gasteiger partial charge in [-0.2, -0.15) is 4.31 Å². The van der Waals surface area contributed by atoms with Gasteiger partial charge in [-0.25, -0.2) is 13.4 Å². The third kappa shape index (κ3) is 6.46. The maximum atomic E-state index is 13.3. The fraction of sp³-hybridized carbons (Fsp3) is 0.542. The molecule has 1 saturated carbocycles. The number of benzene rings is 1. The van der Waals surface area contributed by atoms with Crippen LogP contribution in [0.3, 0.4) is 0 Å². The molecule has 2 fully saturated rings. The van der Waals surface area contributed by atoms with E-state index in [0.29, 0.717) is 49.3 Å². The van der Waals surface area contributed by atoms with Crippen LogP contribution in [0.5, 0.6) is 0 Å². The first-order valence-electron chi connectivity index (χ1n) is 12.0. The number of sulfonamides is 1. The summed E-state index contributed by atoms with van der Waals surface area (Å²) < 4.78 is 27.7. The first-order chi connectivity index (χ1) is 16.7. The van der Waals surface area contributed by atoms with E-state index in [1.54, 1.807) is 29.6 Å². The number of piperazine rings is 1. The molecule has 1 atom stereocenters. The Balaban J connectivity index is 1.51. The van der Waals surface area contributed by atoms with Crippen molar-refractivity contribution < 1.29 is 23.1 Å². The Morgan fingerprint density at radius 2 is 1.80 bits per heavy atom. The molecule has 1 aromatic heterocycles. The number of carbonyl (C=O) groups is 2. The highest BCUT2D eigenvalue weighted by molar-refractivity contribution is 7.89. The third-order valence-electron chi connectivity index (χ3n) is 6.86. The molecule has 0 spiro atoms. The van der Waals surface area contributed by atoms with Crippen LogP contribution >= 0.6 is 11.3 Å². The van der Waals surface area contributed by atoms with Gasteiger partial charge < -0.3 is 15.3 Å². The van der Waals surface area contributed by atoms with E-state index in [0.717, 1.165) is 31.2 Å². The van der Waals surface area contributed by atoms with E-state index < -0.39 is 21.9 Å². The molecule has 1 unspecified atom stereocenters. The summed E-state index contributed by atoms with van der Waals surface area (Å²) in [6.07, 6.45) is 4.97. The molecule has 1 saturated heterocycles. The van der Waals surface area contributed by atoms with Crippen molar-refractivity contribution in [3.63, 3.8) is 0 Å². The van der Waals surface area contributed by atoms with E-state index in [1.807, 2.05) is 7.05 Å². The molecule has 1 aliphatic heterocycles. The highest BCUT2D eigenvalue weighted by atomic mass is 32.2. The third-order valence-corrected chi connectivity index (χ3v) is 9.58. The lowest BCUT2D eigenvalue weighted by Crippen LogP contribution is -2.47. The molecule has 0 bridgehead atoms. The fourth-order valence-electron chi connectivity index (χ4n) is 4.82. The number of hydrogen-bond donors (Lipinski definition) is 2. The highest BCUT2D eigenvalue weighted by Crippen LogP contribution is 2.35. The Hall–Kier alpha value is -2.34. The van der Waals surface area contributed by atoms with Crippen LogP contribution in [0, 0.1) is 5.92 Å². The number of nitrogens with one attached hydrogen (secondary N) is 1. The molecule has 1 aromatic carbocycles. The van der Waals surface area contributed by atoms with Crippen molar-refractivity contribution in [1.29, 1.82) is 0 Å². The van der Waals surface area contributed by atoms with Gasteiger partial charge in [0.2, 0.25) is 15.9 Å². The Morgan fingerprint density at radius 3 is 2.43 bits per heavy atom. The van der Waals surface area contributed by atoms with Crippen molar-refractivity contribution >= 4 is 38.4 Å². The second-order valence-electron chi connectivity index (χ2n) is 9.42. The number of carboxylic acids is 1. The molecule has 2 N–H and O–H groups in total. The van der Waals surface area contributed by atoms with Crippen LogP contribution in [-0.2, 0) is 26.0 Å². The largest absolute Gasteiger partial charge is 0.481 e. The predicted octanol–water partition coefficient (Wildman–Crippen LogP) is 3.01. The van der Waals surface area contributed by atoms with Gasteiger partial charge in [0.25, 0.3) is 0 Å². The zero-order valence-corrected chi connectivity index (χ0v) is 21.5. The van der Waals surface area contributed by atoms with Crippen molar-refractivity contribution in [3.8, 4) is 0 Å². The van der Waals surface area contributed by atoms with Crippen LogP contribution < -0.4 is 5.32 Å². The summed E-state index contributed by atoms with van der Waals surface area (Å²) in [6, 6.07) is 6.71. The normalized spacial score (nSPS) is 19.0. The fourth-order valence-corrected chi connectivity index (χ4v) is 6.95. The molecular formula is C24H32N4O5S2. The van der Waals surface area contributed by atoms with Gasteiger partial charge in [-0.1, -0.05) is 37.8 Å². The number of thiazole rings is 1. The lowest BCUT2D eigenvalue weighted by atomic mass is 9.87. The van der Waals surface area contributed by atoms with Crippen LogP contribution in [0.1, 0.15) is 49.3 Å². The van der Waals surface area contributed by atoms with E-state index in [2.05, 4.69) is 15.2 Å². The molecule has 1 amide bonds. The van der Waals surface area contributed by atoms with Crippen LogP contribution in [0.25, 0.3) is 0 Å². The van der Waals surface area contributed by atoms with Crippen molar-refractivity contribution in [2.45, 2.75) is 49.3 Å². The molecule has 1 aliphatic carbocycles. The topological polar surface area (TPSA) is 120 Å². The van der Waals surface area contributed by atoms with Crippen LogP contribution in [0.2, 0.25) is 0 Å². The van der Waals surface area contributed by atoms with E-state index in [-0.39, 0.29) is 17.2 Å². The van der Waals surface area contributed by atoms with Crippen LogP contribution in [0.4, 0.5) is 5.13 Å². The molecule has 2 heterocycles. The molecule has 35 heavy (non-hydrogen) atoms. The van der Waals surface area contributed by atoms with Gasteiger partial charge >= 0.3 is 5.97 Å². The molecule has 190 valence electrons. The van der Waals surface area contributed by atoms with Crippen molar-refractivity contribution in [3.05, 3.63) is 40.9 Å². The van der Waals surface area contributed by atoms with Crippen LogP contribution in [-0.4, -0.2) is 72.8 Å². The Morgan fingerprint density at radius 1 is 1.14 bits per heavy atom. The standard InChI is InChI=1S/C24H32N4O5S2/c1-27-10-12-28(13-11-27)35(32,33)20-8-6-18(7-9-20)21(14-17-4-2-3-5-17)23(31)26-24-25-19(16-34-24)15-22(29)30/h6-9,16-17,21H,2-5,10-15H2,1H3,(H,29,30)(H,25,26,31). The number of rotatable bonds is 9. The number of amides is 1. The van der Waals surface area contributed by atoms with E-state index in [1.165, 1.54) is 15.6 Å². The van der Waals surface area contributed by atoms with Gasteiger partial charge in [-0.15, -0.1) is 11.3 Å². The highest BCUT2D eigenvalue weighted by Gasteiger charge is 2.30. The minimum atomic E-state index is -3.58. The van der Waals surface area contributed by atoms with Crippen molar-refractivity contribution in [2.75, 3.05) is 38.5 Å². The Labute approximate surface area is 210 Å². The average Bonchev–Trinajstić information content (AvgIpc) is 3.49. The van der Waals surface area contributed by atoms with Gasteiger partial charge in [0, 0.05) is 31.6 Å². The minimum Gasteiger partial charge on any atom is -0.481 e. The maximum Gasteiger partial charge on any atom is 0.309 e. The summed E-state index contributed by atoms with van der Waals surface area (Å²) in [5, 5.41) is 13.8. The monoisotopic (exact) mass is 520 g/mol. The molecule has 2 aliphatic rings. The van der Waals surface area contributed by atoms with E-state index >= 15 is 0 Å². The zero-order chi connectivity index (χ0) is 25.0. The molecular weight excluding hydrogens is 488 g/mol. The summed E-state index contributed by atoms with van der Waals surface area (Å²) in [6.45, 7) is 2.33.